The van der Waals surface area contributed by atoms with Gasteiger partial charge in [-0.25, -0.2) is 4.98 Å². The zero-order valence-corrected chi connectivity index (χ0v) is 18.8. The fourth-order valence-electron chi connectivity index (χ4n) is 3.74. The van der Waals surface area contributed by atoms with Crippen LogP contribution >= 0.6 is 11.3 Å². The summed E-state index contributed by atoms with van der Waals surface area (Å²) in [7, 11) is 0. The van der Waals surface area contributed by atoms with Crippen LogP contribution in [0.15, 0.2) is 55.0 Å². The molecular formula is C24H26F2N2O4S. The van der Waals surface area contributed by atoms with E-state index in [1.165, 1.54) is 42.6 Å². The van der Waals surface area contributed by atoms with Crippen LogP contribution in [-0.4, -0.2) is 35.5 Å². The van der Waals surface area contributed by atoms with E-state index < -0.39 is 6.61 Å². The maximum absolute atomic E-state index is 12.9. The van der Waals surface area contributed by atoms with Crippen molar-refractivity contribution in [3.05, 3.63) is 81.2 Å². The SMILES string of the molecule is C1C2CC1O2.[O-][n+]1ccc(CC(c2ncc(CCCO)s2)c2ccccc2OC(F)F)cc1. The van der Waals surface area contributed by atoms with E-state index in [2.05, 4.69) is 4.98 Å². The summed E-state index contributed by atoms with van der Waals surface area (Å²) in [6.07, 6.45) is 10.5. The number of aliphatic hydroxyl groups excluding tert-OH is 1. The molecule has 3 aliphatic rings. The van der Waals surface area contributed by atoms with Crippen molar-refractivity contribution in [1.29, 1.82) is 0 Å². The van der Waals surface area contributed by atoms with Gasteiger partial charge < -0.3 is 19.8 Å². The maximum Gasteiger partial charge on any atom is 0.387 e. The molecular weight excluding hydrogens is 450 g/mol. The number of pyridine rings is 1. The Kier molecular flexibility index (Phi) is 7.85. The van der Waals surface area contributed by atoms with Crippen molar-refractivity contribution in [2.24, 2.45) is 0 Å². The molecule has 1 N–H and O–H groups in total. The Hall–Kier alpha value is -2.62. The van der Waals surface area contributed by atoms with Crippen LogP contribution in [0.5, 0.6) is 5.75 Å². The van der Waals surface area contributed by atoms with Crippen LogP contribution in [0.3, 0.4) is 0 Å². The predicted molar refractivity (Wildman–Crippen MR) is 119 cm³/mol. The molecule has 1 atom stereocenters. The number of aryl methyl sites for hydroxylation is 1. The van der Waals surface area contributed by atoms with Gasteiger partial charge in [-0.2, -0.15) is 13.5 Å². The fraction of sp³-hybridized carbons (Fsp3) is 0.417. The minimum Gasteiger partial charge on any atom is -0.619 e. The molecule has 176 valence electrons. The van der Waals surface area contributed by atoms with Gasteiger partial charge in [-0.1, -0.05) is 18.2 Å². The lowest BCUT2D eigenvalue weighted by Crippen LogP contribution is -2.52. The highest BCUT2D eigenvalue weighted by molar-refractivity contribution is 7.11. The van der Waals surface area contributed by atoms with Crippen LogP contribution in [0.25, 0.3) is 0 Å². The van der Waals surface area contributed by atoms with Gasteiger partial charge in [0.1, 0.15) is 10.8 Å². The van der Waals surface area contributed by atoms with Crippen molar-refractivity contribution in [2.45, 2.75) is 56.8 Å². The number of alkyl halides is 2. The van der Waals surface area contributed by atoms with E-state index in [9.17, 15) is 14.0 Å². The van der Waals surface area contributed by atoms with Crippen molar-refractivity contribution in [1.82, 2.24) is 4.98 Å². The van der Waals surface area contributed by atoms with Crippen molar-refractivity contribution in [3.63, 3.8) is 0 Å². The molecule has 6 rings (SSSR count). The number of ether oxygens (including phenoxy) is 2. The summed E-state index contributed by atoms with van der Waals surface area (Å²) in [5.74, 6) is -0.185. The minimum atomic E-state index is -2.92. The molecule has 2 aliphatic heterocycles. The molecule has 1 aromatic carbocycles. The first-order chi connectivity index (χ1) is 16.0. The molecule has 1 unspecified atom stereocenters. The van der Waals surface area contributed by atoms with Crippen molar-refractivity contribution in [3.8, 4) is 5.75 Å². The number of benzene rings is 1. The second kappa shape index (κ2) is 11.0. The van der Waals surface area contributed by atoms with Crippen LogP contribution < -0.4 is 9.47 Å². The van der Waals surface area contributed by atoms with Gasteiger partial charge in [0.25, 0.3) is 0 Å². The van der Waals surface area contributed by atoms with E-state index >= 15 is 0 Å². The van der Waals surface area contributed by atoms with Gasteiger partial charge in [0.15, 0.2) is 12.4 Å². The quantitative estimate of drug-likeness (QED) is 0.370. The molecule has 2 aromatic heterocycles. The summed E-state index contributed by atoms with van der Waals surface area (Å²) in [5.41, 5.74) is 1.50. The summed E-state index contributed by atoms with van der Waals surface area (Å²) >= 11 is 1.49. The van der Waals surface area contributed by atoms with E-state index in [1.54, 1.807) is 36.5 Å². The number of nitrogens with zero attached hydrogens (tertiary/aromatic N) is 2. The number of hydrogen-bond acceptors (Lipinski definition) is 6. The van der Waals surface area contributed by atoms with Gasteiger partial charge in [-0.3, -0.25) is 0 Å². The average molecular weight is 477 g/mol. The lowest BCUT2D eigenvalue weighted by molar-refractivity contribution is -0.605. The molecule has 9 heteroatoms. The summed E-state index contributed by atoms with van der Waals surface area (Å²) in [5, 5.41) is 21.1. The topological polar surface area (TPSA) is 78.5 Å². The molecule has 6 nitrogen and oxygen atoms in total. The summed E-state index contributed by atoms with van der Waals surface area (Å²) in [6.45, 7) is -2.82. The van der Waals surface area contributed by atoms with Gasteiger partial charge in [0.2, 0.25) is 0 Å². The number of aromatic nitrogens is 2. The van der Waals surface area contributed by atoms with E-state index in [0.717, 1.165) is 15.4 Å². The number of thiazole rings is 1. The second-order valence-electron chi connectivity index (χ2n) is 8.08. The fourth-order valence-corrected chi connectivity index (χ4v) is 4.82. The van der Waals surface area contributed by atoms with E-state index in [-0.39, 0.29) is 18.3 Å². The Balaban J connectivity index is 0.000000447. The monoisotopic (exact) mass is 476 g/mol. The van der Waals surface area contributed by atoms with E-state index in [0.29, 0.717) is 41.8 Å². The third-order valence-corrected chi connectivity index (χ3v) is 6.88. The van der Waals surface area contributed by atoms with Crippen LogP contribution in [0.1, 0.15) is 46.2 Å². The first kappa shape index (κ1) is 23.5. The standard InChI is InChI=1S/C20H20F2N2O3S.C4H6O/c21-20(22)27-18-6-2-1-5-16(18)17(12-14-7-9-24(26)10-8-14)19-23-13-15(28-19)4-3-11-25;1-3-2-4(1)5-3/h1-2,5-10,13,17,20,25H,3-4,11-12H2;3-4H,1-2H2. The van der Waals surface area contributed by atoms with Crippen LogP contribution in [0.2, 0.25) is 0 Å². The molecule has 0 radical (unpaired) electrons. The zero-order chi connectivity index (χ0) is 23.2. The number of halogens is 2. The highest BCUT2D eigenvalue weighted by Gasteiger charge is 2.43. The van der Waals surface area contributed by atoms with E-state index in [4.69, 9.17) is 14.6 Å². The number of rotatable bonds is 9. The smallest absolute Gasteiger partial charge is 0.387 e. The summed E-state index contributed by atoms with van der Waals surface area (Å²) in [4.78, 5) is 5.53. The highest BCUT2D eigenvalue weighted by Crippen LogP contribution is 2.39. The minimum absolute atomic E-state index is 0.0981. The third-order valence-electron chi connectivity index (χ3n) is 5.71. The van der Waals surface area contributed by atoms with Gasteiger partial charge in [0, 0.05) is 41.3 Å². The molecule has 0 amide bonds. The lowest BCUT2D eigenvalue weighted by Gasteiger charge is -2.49. The Morgan fingerprint density at radius 3 is 2.45 bits per heavy atom. The second-order valence-corrected chi connectivity index (χ2v) is 9.23. The Morgan fingerprint density at radius 1 is 1.18 bits per heavy atom. The summed E-state index contributed by atoms with van der Waals surface area (Å²) < 4.78 is 36.2. The third kappa shape index (κ3) is 6.25. The number of hydrogen-bond donors (Lipinski definition) is 1. The first-order valence-electron chi connectivity index (χ1n) is 10.9. The highest BCUT2D eigenvalue weighted by atomic mass is 32.1. The largest absolute Gasteiger partial charge is 0.619 e. The number of aliphatic hydroxyl groups is 1. The number of para-hydroxylation sites is 1. The molecule has 2 bridgehead atoms. The van der Waals surface area contributed by atoms with Crippen LogP contribution in [0.4, 0.5) is 8.78 Å². The Bertz CT molecular complexity index is 1010. The average Bonchev–Trinajstić information content (AvgIpc) is 3.18. The molecule has 3 fully saturated rings. The zero-order valence-electron chi connectivity index (χ0n) is 18.0. The van der Waals surface area contributed by atoms with E-state index in [1.807, 2.05) is 0 Å². The van der Waals surface area contributed by atoms with Crippen molar-refractivity contribution < 1.29 is 28.1 Å². The molecule has 1 aliphatic carbocycles. The van der Waals surface area contributed by atoms with Gasteiger partial charge in [-0.05, 0) is 43.7 Å². The van der Waals surface area contributed by atoms with Crippen molar-refractivity contribution in [2.75, 3.05) is 6.61 Å². The van der Waals surface area contributed by atoms with Gasteiger partial charge >= 0.3 is 6.61 Å². The molecule has 0 spiro atoms. The molecule has 4 heterocycles. The maximum atomic E-state index is 12.9. The van der Waals surface area contributed by atoms with Crippen LogP contribution in [-0.2, 0) is 17.6 Å². The first-order valence-corrected chi connectivity index (χ1v) is 11.8. The lowest BCUT2D eigenvalue weighted by atomic mass is 9.84. The Labute approximate surface area is 195 Å². The van der Waals surface area contributed by atoms with Gasteiger partial charge in [-0.15, -0.1) is 11.3 Å². The predicted octanol–water partition coefficient (Wildman–Crippen LogP) is 4.23. The van der Waals surface area contributed by atoms with Crippen molar-refractivity contribution >= 4 is 11.3 Å². The molecule has 2 saturated heterocycles. The summed E-state index contributed by atoms with van der Waals surface area (Å²) in [6, 6.07) is 10.1. The normalized spacial score (nSPS) is 19.2. The Morgan fingerprint density at radius 2 is 1.85 bits per heavy atom. The molecule has 1 saturated carbocycles. The van der Waals surface area contributed by atoms with Crippen LogP contribution in [0, 0.1) is 5.21 Å². The molecule has 33 heavy (non-hydrogen) atoms. The molecule has 3 aromatic rings. The van der Waals surface area contributed by atoms with Gasteiger partial charge in [0.05, 0.1) is 12.2 Å².